The Kier molecular flexibility index (Phi) is 3.09. The predicted octanol–water partition coefficient (Wildman–Crippen LogP) is 0.800. The van der Waals surface area contributed by atoms with Gasteiger partial charge in [-0.25, -0.2) is 14.5 Å². The number of rotatable bonds is 2. The molecular formula is C12H10N2O4. The van der Waals surface area contributed by atoms with Gasteiger partial charge in [0, 0.05) is 0 Å². The number of para-hydroxylation sites is 1. The van der Waals surface area contributed by atoms with Crippen LogP contribution in [0.25, 0.3) is 0 Å². The highest BCUT2D eigenvalue weighted by Gasteiger charge is 2.35. The lowest BCUT2D eigenvalue weighted by Gasteiger charge is -2.10. The smallest absolute Gasteiger partial charge is 0.333 e. The van der Waals surface area contributed by atoms with Gasteiger partial charge in [-0.2, -0.15) is 0 Å². The normalized spacial score (nSPS) is 16.9. The van der Waals surface area contributed by atoms with Crippen LogP contribution in [0.3, 0.4) is 0 Å². The lowest BCUT2D eigenvalue weighted by molar-refractivity contribution is -0.135. The number of methoxy groups -OCH3 is 1. The summed E-state index contributed by atoms with van der Waals surface area (Å²) in [7, 11) is 1.19. The molecule has 2 rings (SSSR count). The van der Waals surface area contributed by atoms with Gasteiger partial charge in [0.25, 0.3) is 5.91 Å². The van der Waals surface area contributed by atoms with E-state index in [0.29, 0.717) is 5.69 Å². The van der Waals surface area contributed by atoms with E-state index >= 15 is 0 Å². The largest absolute Gasteiger partial charge is 0.466 e. The van der Waals surface area contributed by atoms with Crippen LogP contribution in [-0.2, 0) is 14.3 Å². The second kappa shape index (κ2) is 4.70. The molecule has 0 spiro atoms. The van der Waals surface area contributed by atoms with Gasteiger partial charge in [-0.3, -0.25) is 4.79 Å². The molecule has 1 heterocycles. The third-order valence-corrected chi connectivity index (χ3v) is 2.36. The summed E-state index contributed by atoms with van der Waals surface area (Å²) in [6.45, 7) is 0. The quantitative estimate of drug-likeness (QED) is 0.475. The first-order valence-electron chi connectivity index (χ1n) is 5.13. The number of hydrogen-bond acceptors (Lipinski definition) is 4. The third-order valence-electron chi connectivity index (χ3n) is 2.36. The fourth-order valence-corrected chi connectivity index (χ4v) is 1.52. The average Bonchev–Trinajstić information content (AvgIpc) is 2.65. The molecule has 0 atom stereocenters. The van der Waals surface area contributed by atoms with Gasteiger partial charge in [-0.15, -0.1) is 0 Å². The van der Waals surface area contributed by atoms with E-state index < -0.39 is 17.9 Å². The highest BCUT2D eigenvalue weighted by Crippen LogP contribution is 2.20. The molecule has 0 saturated carbocycles. The molecule has 18 heavy (non-hydrogen) atoms. The first-order valence-corrected chi connectivity index (χ1v) is 5.13. The van der Waals surface area contributed by atoms with Crippen LogP contribution in [0.15, 0.2) is 42.1 Å². The summed E-state index contributed by atoms with van der Waals surface area (Å²) < 4.78 is 4.40. The van der Waals surface area contributed by atoms with Crippen LogP contribution in [0.1, 0.15) is 0 Å². The summed E-state index contributed by atoms with van der Waals surface area (Å²) in [5.41, 5.74) is 0.337. The Hall–Kier alpha value is -2.63. The molecule has 1 aliphatic heterocycles. The summed E-state index contributed by atoms with van der Waals surface area (Å²) in [4.78, 5) is 35.6. The summed E-state index contributed by atoms with van der Waals surface area (Å²) >= 11 is 0. The van der Waals surface area contributed by atoms with E-state index in [1.807, 2.05) is 0 Å². The summed E-state index contributed by atoms with van der Waals surface area (Å²) in [6, 6.07) is 7.83. The molecule has 0 unspecified atom stereocenters. The van der Waals surface area contributed by atoms with Crippen molar-refractivity contribution in [2.45, 2.75) is 0 Å². The second-order valence-corrected chi connectivity index (χ2v) is 3.49. The van der Waals surface area contributed by atoms with Crippen LogP contribution in [-0.4, -0.2) is 25.0 Å². The minimum atomic E-state index is -0.700. The van der Waals surface area contributed by atoms with Gasteiger partial charge in [-0.1, -0.05) is 18.2 Å². The third kappa shape index (κ3) is 2.08. The van der Waals surface area contributed by atoms with Gasteiger partial charge in [0.2, 0.25) is 0 Å². The van der Waals surface area contributed by atoms with Gasteiger partial charge in [0.15, 0.2) is 0 Å². The van der Waals surface area contributed by atoms with Crippen molar-refractivity contribution in [1.29, 1.82) is 0 Å². The fourth-order valence-electron chi connectivity index (χ4n) is 1.52. The Labute approximate surface area is 103 Å². The Morgan fingerprint density at radius 2 is 1.94 bits per heavy atom. The molecule has 6 nitrogen and oxygen atoms in total. The number of hydrogen-bond donors (Lipinski definition) is 1. The molecule has 92 valence electrons. The monoisotopic (exact) mass is 246 g/mol. The van der Waals surface area contributed by atoms with Crippen molar-refractivity contribution in [3.63, 3.8) is 0 Å². The zero-order valence-corrected chi connectivity index (χ0v) is 9.54. The molecule has 1 saturated heterocycles. The molecular weight excluding hydrogens is 236 g/mol. The number of imide groups is 1. The van der Waals surface area contributed by atoms with E-state index in [-0.39, 0.29) is 5.70 Å². The minimum absolute atomic E-state index is 0.101. The Morgan fingerprint density at radius 1 is 1.28 bits per heavy atom. The van der Waals surface area contributed by atoms with E-state index in [0.717, 1.165) is 11.0 Å². The molecule has 6 heteroatoms. The maximum absolute atomic E-state index is 11.9. The van der Waals surface area contributed by atoms with Crippen LogP contribution < -0.4 is 10.2 Å². The second-order valence-electron chi connectivity index (χ2n) is 3.49. The maximum Gasteiger partial charge on any atom is 0.333 e. The summed E-state index contributed by atoms with van der Waals surface area (Å²) in [5, 5.41) is 2.32. The number of nitrogens with one attached hydrogen (secondary N) is 1. The molecule has 1 aromatic rings. The summed E-state index contributed by atoms with van der Waals surface area (Å²) in [6.07, 6.45) is 0.948. The number of anilines is 1. The highest BCUT2D eigenvalue weighted by atomic mass is 16.5. The Balaban J connectivity index is 2.31. The van der Waals surface area contributed by atoms with Crippen molar-refractivity contribution in [2.24, 2.45) is 0 Å². The highest BCUT2D eigenvalue weighted by molar-refractivity contribution is 6.27. The van der Waals surface area contributed by atoms with Crippen LogP contribution >= 0.6 is 0 Å². The molecule has 0 aliphatic carbocycles. The fraction of sp³-hybridized carbons (Fsp3) is 0.0833. The lowest BCUT2D eigenvalue weighted by atomic mass is 10.3. The van der Waals surface area contributed by atoms with Gasteiger partial charge >= 0.3 is 12.0 Å². The van der Waals surface area contributed by atoms with Crippen LogP contribution in [0.4, 0.5) is 10.5 Å². The number of nitrogens with zero attached hydrogens (tertiary/aromatic N) is 1. The van der Waals surface area contributed by atoms with Crippen molar-refractivity contribution < 1.29 is 19.1 Å². The average molecular weight is 246 g/mol. The SMILES string of the molecule is COC(=O)/C=C1\NC(=O)N(c2ccccc2)C1=O. The van der Waals surface area contributed by atoms with E-state index in [4.69, 9.17) is 0 Å². The summed E-state index contributed by atoms with van der Waals surface area (Å²) in [5.74, 6) is -1.29. The number of carbonyl (C=O) groups excluding carboxylic acids is 3. The Morgan fingerprint density at radius 3 is 2.56 bits per heavy atom. The van der Waals surface area contributed by atoms with Crippen molar-refractivity contribution in [1.82, 2.24) is 5.32 Å². The van der Waals surface area contributed by atoms with Crippen molar-refractivity contribution in [3.05, 3.63) is 42.1 Å². The van der Waals surface area contributed by atoms with Crippen LogP contribution in [0.2, 0.25) is 0 Å². The van der Waals surface area contributed by atoms with Crippen molar-refractivity contribution in [3.8, 4) is 0 Å². The van der Waals surface area contributed by atoms with E-state index in [2.05, 4.69) is 10.1 Å². The molecule has 1 aliphatic rings. The van der Waals surface area contributed by atoms with Crippen molar-refractivity contribution in [2.75, 3.05) is 12.0 Å². The molecule has 1 fully saturated rings. The molecule has 3 amide bonds. The number of urea groups is 1. The number of carbonyl (C=O) groups is 3. The zero-order chi connectivity index (χ0) is 13.1. The molecule has 1 aromatic carbocycles. The van der Waals surface area contributed by atoms with Gasteiger partial charge in [0.05, 0.1) is 18.9 Å². The standard InChI is InChI=1S/C12H10N2O4/c1-18-10(15)7-9-11(16)14(12(17)13-9)8-5-3-2-4-6-8/h2-7H,1H3,(H,13,17)/b9-7-. The number of amides is 3. The predicted molar refractivity (Wildman–Crippen MR) is 62.6 cm³/mol. The van der Waals surface area contributed by atoms with Gasteiger partial charge in [-0.05, 0) is 12.1 Å². The van der Waals surface area contributed by atoms with Gasteiger partial charge in [0.1, 0.15) is 5.70 Å². The first-order chi connectivity index (χ1) is 8.63. The Bertz CT molecular complexity index is 536. The minimum Gasteiger partial charge on any atom is -0.466 e. The lowest BCUT2D eigenvalue weighted by Crippen LogP contribution is -2.30. The van der Waals surface area contributed by atoms with Crippen LogP contribution in [0, 0.1) is 0 Å². The number of ether oxygens (including phenoxy) is 1. The topological polar surface area (TPSA) is 75.7 Å². The van der Waals surface area contributed by atoms with E-state index in [1.165, 1.54) is 7.11 Å². The molecule has 1 N–H and O–H groups in total. The van der Waals surface area contributed by atoms with E-state index in [1.54, 1.807) is 30.3 Å². The van der Waals surface area contributed by atoms with E-state index in [9.17, 15) is 14.4 Å². The first kappa shape index (κ1) is 11.8. The van der Waals surface area contributed by atoms with Gasteiger partial charge < -0.3 is 10.1 Å². The maximum atomic E-state index is 11.9. The number of benzene rings is 1. The molecule has 0 aromatic heterocycles. The number of esters is 1. The van der Waals surface area contributed by atoms with Crippen LogP contribution in [0.5, 0.6) is 0 Å². The zero-order valence-electron chi connectivity index (χ0n) is 9.54. The van der Waals surface area contributed by atoms with Crippen molar-refractivity contribution >= 4 is 23.6 Å². The molecule has 0 bridgehead atoms. The molecule has 0 radical (unpaired) electrons.